The molecule has 1 saturated carbocycles. The maximum absolute atomic E-state index is 14.6. The van der Waals surface area contributed by atoms with Crippen LogP contribution in [0.25, 0.3) is 27.8 Å². The topological polar surface area (TPSA) is 211 Å². The Morgan fingerprint density at radius 2 is 1.85 bits per heavy atom. The summed E-state index contributed by atoms with van der Waals surface area (Å²) in [5, 5.41) is 68.5. The van der Waals surface area contributed by atoms with Gasteiger partial charge in [0.15, 0.2) is 11.4 Å². The number of hydrogen-bond acceptors (Lipinski definition) is 12. The van der Waals surface area contributed by atoms with Crippen molar-refractivity contribution in [2.75, 3.05) is 33.5 Å². The minimum absolute atomic E-state index is 0.0461. The van der Waals surface area contributed by atoms with Crippen LogP contribution < -0.4 is 9.47 Å². The van der Waals surface area contributed by atoms with E-state index in [9.17, 15) is 40.2 Å². The molecule has 4 heterocycles. The van der Waals surface area contributed by atoms with Crippen LogP contribution in [-0.2, 0) is 22.4 Å². The van der Waals surface area contributed by atoms with Crippen LogP contribution in [-0.4, -0.2) is 116 Å². The van der Waals surface area contributed by atoms with E-state index < -0.39 is 54.4 Å². The van der Waals surface area contributed by atoms with Gasteiger partial charge in [0.05, 0.1) is 43.4 Å². The summed E-state index contributed by atoms with van der Waals surface area (Å²) < 4.78 is 25.2. The summed E-state index contributed by atoms with van der Waals surface area (Å²) in [5.41, 5.74) is 2.27. The van der Waals surface area contributed by atoms with Gasteiger partial charge in [0.1, 0.15) is 41.7 Å². The molecule has 0 spiro atoms. The van der Waals surface area contributed by atoms with Gasteiger partial charge in [0.25, 0.3) is 5.91 Å². The number of nitrogens with zero attached hydrogens (tertiary/aromatic N) is 1. The first-order valence-electron chi connectivity index (χ1n) is 20.9. The van der Waals surface area contributed by atoms with Crippen LogP contribution in [0.15, 0.2) is 66.9 Å². The Hall–Kier alpha value is -5.32. The lowest BCUT2D eigenvalue weighted by atomic mass is 9.86. The fraction of sp³-hybridized carbons (Fsp3) is 0.404. The van der Waals surface area contributed by atoms with Gasteiger partial charge >= 0.3 is 0 Å². The van der Waals surface area contributed by atoms with E-state index in [-0.39, 0.29) is 60.4 Å². The Kier molecular flexibility index (Phi) is 11.1. The van der Waals surface area contributed by atoms with Crippen molar-refractivity contribution in [2.24, 2.45) is 0 Å². The van der Waals surface area contributed by atoms with Crippen molar-refractivity contribution in [2.45, 2.75) is 87.3 Å². The first-order chi connectivity index (χ1) is 29.5. The van der Waals surface area contributed by atoms with Crippen LogP contribution in [0.2, 0.25) is 0 Å². The number of methoxy groups -OCH3 is 1. The predicted octanol–water partition coefficient (Wildman–Crippen LogP) is 4.79. The lowest BCUT2D eigenvalue weighted by molar-refractivity contribution is -0.329. The fourth-order valence-electron chi connectivity index (χ4n) is 9.56. The minimum atomic E-state index is -2.56. The van der Waals surface area contributed by atoms with Crippen LogP contribution in [0.1, 0.15) is 92.7 Å². The van der Waals surface area contributed by atoms with Crippen LogP contribution >= 0.6 is 0 Å². The number of nitrogens with one attached hydrogen (secondary N) is 1. The van der Waals surface area contributed by atoms with Gasteiger partial charge in [-0.05, 0) is 90.1 Å². The number of hydrogen-bond donors (Lipinski definition) is 7. The number of phenols is 1. The van der Waals surface area contributed by atoms with Crippen molar-refractivity contribution in [1.29, 1.82) is 0 Å². The number of benzene rings is 4. The third-order valence-corrected chi connectivity index (χ3v) is 12.9. The third kappa shape index (κ3) is 7.15. The Morgan fingerprint density at radius 1 is 1.05 bits per heavy atom. The molecule has 6 atom stereocenters. The number of H-pyrrole nitrogens is 1. The molecule has 4 aromatic carbocycles. The molecule has 3 aliphatic heterocycles. The van der Waals surface area contributed by atoms with Crippen molar-refractivity contribution in [3.05, 3.63) is 106 Å². The summed E-state index contributed by atoms with van der Waals surface area (Å²) in [6, 6.07) is 16.7. The van der Waals surface area contributed by atoms with E-state index in [1.807, 2.05) is 42.6 Å². The number of phenolic OH excluding ortho intramolecular Hbond substituents is 1. The monoisotopic (exact) mass is 834 g/mol. The van der Waals surface area contributed by atoms with Gasteiger partial charge in [0.2, 0.25) is 6.29 Å². The number of aromatic amines is 1. The number of carbonyl (C=O) groups excluding carboxylic acids is 2. The highest BCUT2D eigenvalue weighted by atomic mass is 16.7. The molecule has 61 heavy (non-hydrogen) atoms. The van der Waals surface area contributed by atoms with Crippen molar-refractivity contribution in [3.8, 4) is 17.2 Å². The van der Waals surface area contributed by atoms with Crippen LogP contribution in [0.3, 0.4) is 0 Å². The molecule has 1 saturated heterocycles. The van der Waals surface area contributed by atoms with Gasteiger partial charge < -0.3 is 59.5 Å². The summed E-state index contributed by atoms with van der Waals surface area (Å²) >= 11 is 0. The molecule has 4 aliphatic rings. The molecule has 14 nitrogen and oxygen atoms in total. The average molecular weight is 835 g/mol. The summed E-state index contributed by atoms with van der Waals surface area (Å²) in [5.74, 6) is -1.01. The van der Waals surface area contributed by atoms with Crippen LogP contribution in [0.5, 0.6) is 17.2 Å². The first-order valence-corrected chi connectivity index (χ1v) is 20.9. The molecule has 1 amide bonds. The molecule has 1 aromatic heterocycles. The fourth-order valence-corrected chi connectivity index (χ4v) is 9.56. The van der Waals surface area contributed by atoms with E-state index in [1.54, 1.807) is 30.4 Å². The van der Waals surface area contributed by atoms with Crippen molar-refractivity contribution >= 4 is 39.4 Å². The van der Waals surface area contributed by atoms with Gasteiger partial charge in [-0.25, -0.2) is 0 Å². The zero-order valence-electron chi connectivity index (χ0n) is 33.8. The number of aromatic hydroxyl groups is 1. The number of aliphatic hydroxyl groups excluding tert-OH is 4. The zero-order valence-corrected chi connectivity index (χ0v) is 33.8. The number of ketones is 1. The highest BCUT2D eigenvalue weighted by molar-refractivity contribution is 6.11. The van der Waals surface area contributed by atoms with Crippen molar-refractivity contribution < 1.29 is 59.2 Å². The third-order valence-electron chi connectivity index (χ3n) is 12.9. The minimum Gasteiger partial charge on any atom is -0.506 e. The molecule has 5 aromatic rings. The molecule has 2 fully saturated rings. The highest BCUT2D eigenvalue weighted by Crippen LogP contribution is 2.50. The normalized spacial score (nSPS) is 25.9. The number of amides is 1. The Labute approximate surface area is 351 Å². The lowest BCUT2D eigenvalue weighted by Gasteiger charge is -2.47. The van der Waals surface area contributed by atoms with Gasteiger partial charge in [-0.2, -0.15) is 0 Å². The predicted molar refractivity (Wildman–Crippen MR) is 224 cm³/mol. The van der Waals surface area contributed by atoms with Crippen LogP contribution in [0.4, 0.5) is 0 Å². The number of aryl methyl sites for hydroxylation is 1. The molecule has 2 bridgehead atoms. The second-order valence-corrected chi connectivity index (χ2v) is 16.6. The quantitative estimate of drug-likeness (QED) is 0.0948. The highest BCUT2D eigenvalue weighted by Gasteiger charge is 2.56. The molecule has 320 valence electrons. The molecule has 1 aliphatic carbocycles. The maximum atomic E-state index is 14.6. The summed E-state index contributed by atoms with van der Waals surface area (Å²) in [6.45, 7) is -1.37. The first kappa shape index (κ1) is 41.1. The van der Waals surface area contributed by atoms with E-state index in [2.05, 4.69) is 4.98 Å². The van der Waals surface area contributed by atoms with E-state index in [4.69, 9.17) is 18.9 Å². The molecular weight excluding hydrogens is 785 g/mol. The van der Waals surface area contributed by atoms with Gasteiger partial charge in [-0.15, -0.1) is 0 Å². The van der Waals surface area contributed by atoms with E-state index >= 15 is 0 Å². The number of ether oxygens (including phenoxy) is 4. The van der Waals surface area contributed by atoms with Crippen molar-refractivity contribution in [1.82, 2.24) is 9.88 Å². The second-order valence-electron chi connectivity index (χ2n) is 16.6. The van der Waals surface area contributed by atoms with Gasteiger partial charge in [-0.1, -0.05) is 43.2 Å². The van der Waals surface area contributed by atoms with Crippen molar-refractivity contribution in [3.63, 3.8) is 0 Å². The molecule has 7 N–H and O–H groups in total. The number of aliphatic hydroxyl groups is 5. The van der Waals surface area contributed by atoms with Gasteiger partial charge in [-0.3, -0.25) is 9.59 Å². The maximum Gasteiger partial charge on any atom is 0.254 e. The molecule has 0 radical (unpaired) electrons. The Balaban J connectivity index is 1.23. The SMILES string of the molecule is COc1cc2cc(C3CCCC3)c(C(=O)CN3Cc4ccccc4C3=O)c(O)c2c2c1/C=C/[C@H](c1c[nH]c3ccc(CCCO)cc13)OC[C@H]1O[C@H](O2)[C@@](O)(CO)[C@@H](O)[C@@H]1O. The standard InChI is InChI=1S/C47H50N2O12/c1-58-37-19-28-18-31(26-8-2-3-9-26)40(35(52)22-49-21-27-10-4-5-11-29(27)45(49)56)42(54)39(28)43-30(37)13-15-36(33-20-48-34-14-12-25(7-6-16-50)17-32(33)34)59-23-38-41(53)44(55)47(57,24-51)46(60-38)61-43/h4-5,10-15,17-20,26,36,38,41,44,46,48,50-51,53-55,57H,2-3,6-9,16,21-24H2,1H3/b15-13+/t36-,38-,41-,44+,46-,47-/m1/s1. The number of aromatic nitrogens is 1. The molecule has 9 rings (SSSR count). The van der Waals surface area contributed by atoms with E-state index in [0.29, 0.717) is 35.1 Å². The van der Waals surface area contributed by atoms with Crippen LogP contribution in [0, 0.1) is 0 Å². The molecule has 14 heteroatoms. The second kappa shape index (κ2) is 16.5. The zero-order chi connectivity index (χ0) is 42.6. The Morgan fingerprint density at radius 3 is 2.61 bits per heavy atom. The Bertz CT molecular complexity index is 2530. The number of fused-ring (bicyclic) bond motifs is 7. The van der Waals surface area contributed by atoms with E-state index in [1.165, 1.54) is 12.0 Å². The summed E-state index contributed by atoms with van der Waals surface area (Å²) in [7, 11) is 1.47. The summed E-state index contributed by atoms with van der Waals surface area (Å²) in [6.07, 6.45) is 2.34. The number of carbonyl (C=O) groups is 2. The average Bonchev–Trinajstić information content (AvgIpc) is 4.03. The smallest absolute Gasteiger partial charge is 0.254 e. The largest absolute Gasteiger partial charge is 0.506 e. The van der Waals surface area contributed by atoms with E-state index in [0.717, 1.165) is 53.3 Å². The lowest BCUT2D eigenvalue weighted by Crippen LogP contribution is -2.69. The molecular formula is C47H50N2O12. The number of rotatable bonds is 10. The number of Topliss-reactive ketones (excluding diaryl/α,β-unsaturated/α-hetero) is 1. The summed E-state index contributed by atoms with van der Waals surface area (Å²) in [4.78, 5) is 32.9. The van der Waals surface area contributed by atoms with Gasteiger partial charge in [0, 0.05) is 41.4 Å². The molecule has 0 unspecified atom stereocenters.